The number of carbonyl (C=O) groups is 1. The molecule has 0 aliphatic carbocycles. The van der Waals surface area contributed by atoms with Gasteiger partial charge in [-0.2, -0.15) is 5.10 Å². The molecule has 5 nitrogen and oxygen atoms in total. The number of methoxy groups -OCH3 is 1. The van der Waals surface area contributed by atoms with Crippen molar-refractivity contribution in [3.63, 3.8) is 0 Å². The molecule has 1 atom stereocenters. The second-order valence-corrected chi connectivity index (χ2v) is 4.04. The smallest absolute Gasteiger partial charge is 0.273 e. The van der Waals surface area contributed by atoms with Crippen LogP contribution in [0.15, 0.2) is 60.0 Å². The van der Waals surface area contributed by atoms with E-state index in [4.69, 9.17) is 4.74 Å². The van der Waals surface area contributed by atoms with Gasteiger partial charge in [0, 0.05) is 19.5 Å². The summed E-state index contributed by atoms with van der Waals surface area (Å²) in [6, 6.07) is 12.8. The van der Waals surface area contributed by atoms with Gasteiger partial charge in [0.05, 0.1) is 6.21 Å². The van der Waals surface area contributed by atoms with Crippen molar-refractivity contribution in [1.82, 2.24) is 10.4 Å². The zero-order chi connectivity index (χ0) is 14.2. The van der Waals surface area contributed by atoms with E-state index in [2.05, 4.69) is 15.5 Å². The normalized spacial score (nSPS) is 12.2. The lowest BCUT2D eigenvalue weighted by Crippen LogP contribution is -2.26. The number of nitrogens with zero attached hydrogens (tertiary/aromatic N) is 2. The molecule has 1 N–H and O–H groups in total. The Morgan fingerprint density at radius 3 is 2.60 bits per heavy atom. The summed E-state index contributed by atoms with van der Waals surface area (Å²) in [7, 11) is 1.49. The van der Waals surface area contributed by atoms with Gasteiger partial charge in [-0.1, -0.05) is 30.3 Å². The number of rotatable bonds is 5. The first-order chi connectivity index (χ1) is 9.81. The number of amides is 1. The Bertz CT molecular complexity index is 570. The Hall–Kier alpha value is -2.53. The highest BCUT2D eigenvalue weighted by Gasteiger charge is 2.18. The van der Waals surface area contributed by atoms with Crippen LogP contribution in [-0.4, -0.2) is 24.2 Å². The molecule has 1 aromatic heterocycles. The second kappa shape index (κ2) is 7.16. The first-order valence-electron chi connectivity index (χ1n) is 6.12. The molecular formula is C15H15N3O2. The number of nitrogens with one attached hydrogen (secondary N) is 1. The van der Waals surface area contributed by atoms with E-state index in [0.717, 1.165) is 11.1 Å². The molecular weight excluding hydrogens is 254 g/mol. The molecule has 5 heteroatoms. The average molecular weight is 269 g/mol. The molecule has 102 valence electrons. The molecule has 1 aromatic carbocycles. The van der Waals surface area contributed by atoms with Crippen LogP contribution in [0.4, 0.5) is 0 Å². The molecule has 0 saturated heterocycles. The minimum Gasteiger partial charge on any atom is -0.367 e. The SMILES string of the molecule is CO[C@@H](C(=O)N/N=C\c1ccncc1)c1ccccc1. The van der Waals surface area contributed by atoms with E-state index >= 15 is 0 Å². The number of hydrazone groups is 1. The maximum atomic E-state index is 12.0. The Balaban J connectivity index is 1.99. The van der Waals surface area contributed by atoms with Gasteiger partial charge < -0.3 is 4.74 Å². The number of aromatic nitrogens is 1. The first kappa shape index (κ1) is 13.9. The van der Waals surface area contributed by atoms with Gasteiger partial charge in [-0.05, 0) is 23.3 Å². The highest BCUT2D eigenvalue weighted by molar-refractivity contribution is 5.85. The number of hydrogen-bond donors (Lipinski definition) is 1. The number of pyridine rings is 1. The number of hydrogen-bond acceptors (Lipinski definition) is 4. The maximum absolute atomic E-state index is 12.0. The molecule has 0 saturated carbocycles. The Labute approximate surface area is 117 Å². The van der Waals surface area contributed by atoms with E-state index < -0.39 is 6.10 Å². The van der Waals surface area contributed by atoms with Crippen molar-refractivity contribution in [3.05, 3.63) is 66.0 Å². The molecule has 0 aliphatic rings. The van der Waals surface area contributed by atoms with Crippen LogP contribution in [-0.2, 0) is 9.53 Å². The fourth-order valence-corrected chi connectivity index (χ4v) is 1.70. The van der Waals surface area contributed by atoms with Crippen LogP contribution >= 0.6 is 0 Å². The summed E-state index contributed by atoms with van der Waals surface area (Å²) >= 11 is 0. The van der Waals surface area contributed by atoms with Crippen molar-refractivity contribution < 1.29 is 9.53 Å². The largest absolute Gasteiger partial charge is 0.367 e. The molecule has 0 spiro atoms. The first-order valence-corrected chi connectivity index (χ1v) is 6.12. The molecule has 2 aromatic rings. The fraction of sp³-hybridized carbons (Fsp3) is 0.133. The van der Waals surface area contributed by atoms with Crippen LogP contribution in [0.2, 0.25) is 0 Å². The van der Waals surface area contributed by atoms with Crippen LogP contribution in [0.1, 0.15) is 17.2 Å². The third-order valence-corrected chi connectivity index (χ3v) is 2.67. The van der Waals surface area contributed by atoms with Crippen LogP contribution in [0, 0.1) is 0 Å². The number of carbonyl (C=O) groups excluding carboxylic acids is 1. The molecule has 20 heavy (non-hydrogen) atoms. The topological polar surface area (TPSA) is 63.6 Å². The molecule has 0 aliphatic heterocycles. The molecule has 2 rings (SSSR count). The van der Waals surface area contributed by atoms with Gasteiger partial charge in [0.25, 0.3) is 5.91 Å². The average Bonchev–Trinajstić information content (AvgIpc) is 2.50. The number of ether oxygens (including phenoxy) is 1. The van der Waals surface area contributed by atoms with E-state index in [1.807, 2.05) is 30.3 Å². The highest BCUT2D eigenvalue weighted by atomic mass is 16.5. The fourth-order valence-electron chi connectivity index (χ4n) is 1.70. The van der Waals surface area contributed by atoms with Crippen molar-refractivity contribution in [1.29, 1.82) is 0 Å². The lowest BCUT2D eigenvalue weighted by atomic mass is 10.1. The molecule has 1 amide bonds. The van der Waals surface area contributed by atoms with E-state index in [0.29, 0.717) is 0 Å². The van der Waals surface area contributed by atoms with Crippen molar-refractivity contribution in [2.24, 2.45) is 5.10 Å². The van der Waals surface area contributed by atoms with Gasteiger partial charge in [0.2, 0.25) is 0 Å². The van der Waals surface area contributed by atoms with E-state index in [1.165, 1.54) is 7.11 Å². The van der Waals surface area contributed by atoms with Crippen molar-refractivity contribution in [2.75, 3.05) is 7.11 Å². The van der Waals surface area contributed by atoms with E-state index in [1.54, 1.807) is 30.7 Å². The third kappa shape index (κ3) is 3.73. The minimum atomic E-state index is -0.675. The zero-order valence-corrected chi connectivity index (χ0v) is 11.1. The predicted molar refractivity (Wildman–Crippen MR) is 76.2 cm³/mol. The van der Waals surface area contributed by atoms with Crippen LogP contribution < -0.4 is 5.43 Å². The third-order valence-electron chi connectivity index (χ3n) is 2.67. The summed E-state index contributed by atoms with van der Waals surface area (Å²) in [5.74, 6) is -0.316. The standard InChI is InChI=1S/C15H15N3O2/c1-20-14(13-5-3-2-4-6-13)15(19)18-17-11-12-7-9-16-10-8-12/h2-11,14H,1H3,(H,18,19)/b17-11-/t14-/m1/s1. The molecule has 0 bridgehead atoms. The summed E-state index contributed by atoms with van der Waals surface area (Å²) in [6.45, 7) is 0. The monoisotopic (exact) mass is 269 g/mol. The summed E-state index contributed by atoms with van der Waals surface area (Å²) in [4.78, 5) is 15.9. The quantitative estimate of drug-likeness (QED) is 0.666. The number of benzene rings is 1. The van der Waals surface area contributed by atoms with Crippen LogP contribution in [0.3, 0.4) is 0 Å². The summed E-state index contributed by atoms with van der Waals surface area (Å²) in [5, 5.41) is 3.90. The zero-order valence-electron chi connectivity index (χ0n) is 11.1. The van der Waals surface area contributed by atoms with Crippen LogP contribution in [0.25, 0.3) is 0 Å². The van der Waals surface area contributed by atoms with Gasteiger partial charge in [0.1, 0.15) is 0 Å². The maximum Gasteiger partial charge on any atom is 0.273 e. The van der Waals surface area contributed by atoms with E-state index in [9.17, 15) is 4.79 Å². The summed E-state index contributed by atoms with van der Waals surface area (Å²) in [5.41, 5.74) is 4.11. The van der Waals surface area contributed by atoms with Gasteiger partial charge in [-0.15, -0.1) is 0 Å². The van der Waals surface area contributed by atoms with Gasteiger partial charge in [-0.3, -0.25) is 9.78 Å². The van der Waals surface area contributed by atoms with Crippen molar-refractivity contribution >= 4 is 12.1 Å². The Morgan fingerprint density at radius 2 is 1.95 bits per heavy atom. The summed E-state index contributed by atoms with van der Waals surface area (Å²) in [6.07, 6.45) is 4.19. The minimum absolute atomic E-state index is 0.316. The van der Waals surface area contributed by atoms with Gasteiger partial charge >= 0.3 is 0 Å². The molecule has 1 heterocycles. The highest BCUT2D eigenvalue weighted by Crippen LogP contribution is 2.15. The van der Waals surface area contributed by atoms with Crippen molar-refractivity contribution in [3.8, 4) is 0 Å². The van der Waals surface area contributed by atoms with E-state index in [-0.39, 0.29) is 5.91 Å². The Kier molecular flexibility index (Phi) is 4.97. The lowest BCUT2D eigenvalue weighted by Gasteiger charge is -2.13. The molecule has 0 radical (unpaired) electrons. The lowest BCUT2D eigenvalue weighted by molar-refractivity contribution is -0.131. The molecule has 0 fully saturated rings. The van der Waals surface area contributed by atoms with Crippen molar-refractivity contribution in [2.45, 2.75) is 6.10 Å². The van der Waals surface area contributed by atoms with Gasteiger partial charge in [-0.25, -0.2) is 5.43 Å². The molecule has 0 unspecified atom stereocenters. The van der Waals surface area contributed by atoms with Crippen LogP contribution in [0.5, 0.6) is 0 Å². The second-order valence-electron chi connectivity index (χ2n) is 4.04. The predicted octanol–water partition coefficient (Wildman–Crippen LogP) is 1.92. The van der Waals surface area contributed by atoms with Gasteiger partial charge in [0.15, 0.2) is 6.10 Å². The summed E-state index contributed by atoms with van der Waals surface area (Å²) < 4.78 is 5.20. The Morgan fingerprint density at radius 1 is 1.25 bits per heavy atom.